The van der Waals surface area contributed by atoms with Gasteiger partial charge in [-0.2, -0.15) is 0 Å². The highest BCUT2D eigenvalue weighted by Gasteiger charge is 2.32. The van der Waals surface area contributed by atoms with Gasteiger partial charge in [-0.25, -0.2) is 0 Å². The molecule has 0 atom stereocenters. The summed E-state index contributed by atoms with van der Waals surface area (Å²) >= 11 is 3.63. The molecule has 1 aromatic rings. The van der Waals surface area contributed by atoms with Crippen LogP contribution in [0.3, 0.4) is 0 Å². The van der Waals surface area contributed by atoms with Crippen LogP contribution in [-0.2, 0) is 5.60 Å². The van der Waals surface area contributed by atoms with Gasteiger partial charge in [0.2, 0.25) is 0 Å². The molecule has 0 aromatic heterocycles. The summed E-state index contributed by atoms with van der Waals surface area (Å²) in [7, 11) is 0. The largest absolute Gasteiger partial charge is 0.385 e. The van der Waals surface area contributed by atoms with E-state index in [0.29, 0.717) is 5.92 Å². The first-order valence-electron chi connectivity index (χ1n) is 6.55. The van der Waals surface area contributed by atoms with Crippen LogP contribution < -0.4 is 0 Å². The van der Waals surface area contributed by atoms with E-state index in [1.54, 1.807) is 0 Å². The Morgan fingerprint density at radius 2 is 1.82 bits per heavy atom. The van der Waals surface area contributed by atoms with Crippen molar-refractivity contribution in [3.8, 4) is 0 Å². The van der Waals surface area contributed by atoms with E-state index in [9.17, 15) is 5.11 Å². The van der Waals surface area contributed by atoms with E-state index >= 15 is 0 Å². The zero-order valence-electron chi connectivity index (χ0n) is 10.7. The second-order valence-electron chi connectivity index (χ2n) is 5.49. The molecule has 1 saturated carbocycles. The third-order valence-electron chi connectivity index (χ3n) is 3.84. The van der Waals surface area contributed by atoms with Gasteiger partial charge in [-0.15, -0.1) is 0 Å². The lowest BCUT2D eigenvalue weighted by Gasteiger charge is -2.33. The van der Waals surface area contributed by atoms with Crippen molar-refractivity contribution in [1.29, 1.82) is 0 Å². The molecule has 0 heterocycles. The Hall–Kier alpha value is -0.340. The van der Waals surface area contributed by atoms with Crippen LogP contribution in [-0.4, -0.2) is 5.11 Å². The number of halogens is 1. The molecule has 2 heteroatoms. The van der Waals surface area contributed by atoms with Crippen molar-refractivity contribution in [3.63, 3.8) is 0 Å². The van der Waals surface area contributed by atoms with Crippen LogP contribution in [0, 0.1) is 0 Å². The molecule has 0 spiro atoms. The Balaban J connectivity index is 2.32. The minimum atomic E-state index is -0.605. The van der Waals surface area contributed by atoms with Gasteiger partial charge >= 0.3 is 0 Å². The molecule has 1 aromatic carbocycles. The maximum absolute atomic E-state index is 10.7. The molecule has 1 N–H and O–H groups in total. The van der Waals surface area contributed by atoms with E-state index in [4.69, 9.17) is 0 Å². The van der Waals surface area contributed by atoms with E-state index in [1.165, 1.54) is 12.0 Å². The number of rotatable bonds is 2. The average molecular weight is 297 g/mol. The number of hydrogen-bond donors (Lipinski definition) is 1. The second kappa shape index (κ2) is 5.11. The van der Waals surface area contributed by atoms with Crippen molar-refractivity contribution < 1.29 is 5.11 Å². The first-order valence-corrected chi connectivity index (χ1v) is 7.34. The van der Waals surface area contributed by atoms with Gasteiger partial charge in [0.15, 0.2) is 0 Å². The Morgan fingerprint density at radius 1 is 1.18 bits per heavy atom. The predicted octanol–water partition coefficient (Wildman–Crippen LogP) is 4.72. The van der Waals surface area contributed by atoms with Crippen LogP contribution in [0.2, 0.25) is 0 Å². The molecule has 0 radical (unpaired) electrons. The highest BCUT2D eigenvalue weighted by atomic mass is 79.9. The summed E-state index contributed by atoms with van der Waals surface area (Å²) in [6.07, 6.45) is 5.31. The molecule has 94 valence electrons. The summed E-state index contributed by atoms with van der Waals surface area (Å²) in [5, 5.41) is 10.7. The molecule has 1 nitrogen and oxygen atoms in total. The fourth-order valence-electron chi connectivity index (χ4n) is 2.67. The molecular weight excluding hydrogens is 276 g/mol. The van der Waals surface area contributed by atoms with Crippen molar-refractivity contribution in [2.75, 3.05) is 0 Å². The average Bonchev–Trinajstić information content (AvgIpc) is 2.29. The van der Waals surface area contributed by atoms with Crippen LogP contribution in [0.15, 0.2) is 22.7 Å². The Kier molecular flexibility index (Phi) is 3.94. The molecule has 1 fully saturated rings. The molecular formula is C15H21BrO. The maximum Gasteiger partial charge on any atom is 0.0907 e. The molecule has 0 unspecified atom stereocenters. The normalized spacial score (nSPS) is 19.6. The van der Waals surface area contributed by atoms with Crippen molar-refractivity contribution in [2.45, 2.75) is 57.5 Å². The fourth-order valence-corrected chi connectivity index (χ4v) is 3.44. The van der Waals surface area contributed by atoms with Crippen LogP contribution in [0.5, 0.6) is 0 Å². The SMILES string of the molecule is CC(C)c1ccc(C2(O)CCCCC2)c(Br)c1. The summed E-state index contributed by atoms with van der Waals surface area (Å²) in [6, 6.07) is 6.41. The Bertz CT molecular complexity index is 392. The zero-order valence-corrected chi connectivity index (χ0v) is 12.3. The molecule has 0 aliphatic heterocycles. The van der Waals surface area contributed by atoms with Crippen LogP contribution in [0.25, 0.3) is 0 Å². The predicted molar refractivity (Wildman–Crippen MR) is 75.2 cm³/mol. The molecule has 17 heavy (non-hydrogen) atoms. The van der Waals surface area contributed by atoms with Gasteiger partial charge in [-0.3, -0.25) is 0 Å². The minimum absolute atomic E-state index is 0.529. The number of aliphatic hydroxyl groups is 1. The lowest BCUT2D eigenvalue weighted by molar-refractivity contribution is -0.00130. The van der Waals surface area contributed by atoms with Gasteiger partial charge in [0.1, 0.15) is 0 Å². The van der Waals surface area contributed by atoms with Gasteiger partial charge in [0.25, 0.3) is 0 Å². The smallest absolute Gasteiger partial charge is 0.0907 e. The van der Waals surface area contributed by atoms with Gasteiger partial charge in [-0.1, -0.05) is 61.2 Å². The summed E-state index contributed by atoms with van der Waals surface area (Å²) in [4.78, 5) is 0. The molecule has 0 amide bonds. The monoisotopic (exact) mass is 296 g/mol. The van der Waals surface area contributed by atoms with E-state index < -0.39 is 5.60 Å². The fraction of sp³-hybridized carbons (Fsp3) is 0.600. The topological polar surface area (TPSA) is 20.2 Å². The lowest BCUT2D eigenvalue weighted by atomic mass is 9.79. The Labute approximate surface area is 112 Å². The summed E-state index contributed by atoms with van der Waals surface area (Å²) in [5.74, 6) is 0.529. The van der Waals surface area contributed by atoms with E-state index in [2.05, 4.69) is 48.0 Å². The minimum Gasteiger partial charge on any atom is -0.385 e. The van der Waals surface area contributed by atoms with E-state index in [-0.39, 0.29) is 0 Å². The molecule has 0 bridgehead atoms. The van der Waals surface area contributed by atoms with Gasteiger partial charge < -0.3 is 5.11 Å². The standard InChI is InChI=1S/C15H21BrO/c1-11(2)12-6-7-13(14(16)10-12)15(17)8-4-3-5-9-15/h6-7,10-11,17H,3-5,8-9H2,1-2H3. The van der Waals surface area contributed by atoms with E-state index in [1.807, 2.05) is 0 Å². The quantitative estimate of drug-likeness (QED) is 0.837. The summed E-state index contributed by atoms with van der Waals surface area (Å²) in [6.45, 7) is 4.38. The third kappa shape index (κ3) is 2.74. The number of benzene rings is 1. The summed E-state index contributed by atoms with van der Waals surface area (Å²) < 4.78 is 1.06. The molecule has 1 aliphatic carbocycles. The van der Waals surface area contributed by atoms with Crippen molar-refractivity contribution in [3.05, 3.63) is 33.8 Å². The number of hydrogen-bond acceptors (Lipinski definition) is 1. The zero-order chi connectivity index (χ0) is 12.5. The van der Waals surface area contributed by atoms with Crippen molar-refractivity contribution in [1.82, 2.24) is 0 Å². The molecule has 1 aliphatic rings. The van der Waals surface area contributed by atoms with Crippen molar-refractivity contribution in [2.24, 2.45) is 0 Å². The maximum atomic E-state index is 10.7. The van der Waals surface area contributed by atoms with E-state index in [0.717, 1.165) is 35.7 Å². The van der Waals surface area contributed by atoms with Gasteiger partial charge in [0.05, 0.1) is 5.60 Å². The van der Waals surface area contributed by atoms with Crippen LogP contribution in [0.1, 0.15) is 63.0 Å². The first kappa shape index (κ1) is 13.1. The third-order valence-corrected chi connectivity index (χ3v) is 4.50. The van der Waals surface area contributed by atoms with Crippen molar-refractivity contribution >= 4 is 15.9 Å². The molecule has 2 rings (SSSR count). The van der Waals surface area contributed by atoms with Crippen LogP contribution >= 0.6 is 15.9 Å². The van der Waals surface area contributed by atoms with Gasteiger partial charge in [0, 0.05) is 4.47 Å². The first-order chi connectivity index (χ1) is 8.03. The van der Waals surface area contributed by atoms with Crippen LogP contribution in [0.4, 0.5) is 0 Å². The highest BCUT2D eigenvalue weighted by molar-refractivity contribution is 9.10. The van der Waals surface area contributed by atoms with Gasteiger partial charge in [-0.05, 0) is 36.0 Å². The second-order valence-corrected chi connectivity index (χ2v) is 6.34. The molecule has 0 saturated heterocycles. The lowest BCUT2D eigenvalue weighted by Crippen LogP contribution is -2.28. The highest BCUT2D eigenvalue weighted by Crippen LogP contribution is 2.40. The summed E-state index contributed by atoms with van der Waals surface area (Å²) in [5.41, 5.74) is 1.79. The Morgan fingerprint density at radius 3 is 2.35 bits per heavy atom.